The standard InChI is InChI=1S/C8H8BrFO2S/c1-6-2-3-7(8(9)4-6)5-13(10,11)12/h2-4H,5H2,1H3. The zero-order chi connectivity index (χ0) is 10.1. The normalized spacial score (nSPS) is 11.6. The van der Waals surface area contributed by atoms with E-state index in [-0.39, 0.29) is 0 Å². The van der Waals surface area contributed by atoms with Gasteiger partial charge >= 0.3 is 10.2 Å². The van der Waals surface area contributed by atoms with Crippen molar-refractivity contribution in [3.8, 4) is 0 Å². The van der Waals surface area contributed by atoms with Crippen LogP contribution in [0.4, 0.5) is 3.89 Å². The summed E-state index contributed by atoms with van der Waals surface area (Å²) in [5.74, 6) is -0.576. The second kappa shape index (κ2) is 3.75. The van der Waals surface area contributed by atoms with E-state index in [4.69, 9.17) is 0 Å². The van der Waals surface area contributed by atoms with Gasteiger partial charge in [-0.2, -0.15) is 8.42 Å². The van der Waals surface area contributed by atoms with Gasteiger partial charge in [-0.3, -0.25) is 0 Å². The van der Waals surface area contributed by atoms with E-state index >= 15 is 0 Å². The minimum atomic E-state index is -4.44. The first-order chi connectivity index (χ1) is 5.88. The maximum absolute atomic E-state index is 12.3. The second-order valence-electron chi connectivity index (χ2n) is 2.78. The Balaban J connectivity index is 3.04. The van der Waals surface area contributed by atoms with Crippen LogP contribution in [-0.4, -0.2) is 8.42 Å². The summed E-state index contributed by atoms with van der Waals surface area (Å²) in [7, 11) is -4.44. The Morgan fingerprint density at radius 3 is 2.54 bits per heavy atom. The molecule has 2 nitrogen and oxygen atoms in total. The molecule has 0 saturated heterocycles. The first-order valence-corrected chi connectivity index (χ1v) is 5.90. The van der Waals surface area contributed by atoms with Gasteiger partial charge in [0.05, 0.1) is 0 Å². The number of aryl methyl sites for hydroxylation is 1. The van der Waals surface area contributed by atoms with Crippen LogP contribution in [0.25, 0.3) is 0 Å². The third kappa shape index (κ3) is 3.44. The molecule has 0 aliphatic rings. The van der Waals surface area contributed by atoms with E-state index in [0.717, 1.165) is 5.56 Å². The number of benzene rings is 1. The van der Waals surface area contributed by atoms with Crippen LogP contribution in [0.15, 0.2) is 22.7 Å². The molecule has 1 rings (SSSR count). The summed E-state index contributed by atoms with van der Waals surface area (Å²) in [6.07, 6.45) is 0. The van der Waals surface area contributed by atoms with Crippen LogP contribution in [0.3, 0.4) is 0 Å². The van der Waals surface area contributed by atoms with E-state index in [2.05, 4.69) is 15.9 Å². The third-order valence-electron chi connectivity index (χ3n) is 1.54. The molecule has 13 heavy (non-hydrogen) atoms. The molecule has 1 aromatic carbocycles. The van der Waals surface area contributed by atoms with Crippen molar-refractivity contribution >= 4 is 26.2 Å². The van der Waals surface area contributed by atoms with E-state index < -0.39 is 16.0 Å². The first-order valence-electron chi connectivity index (χ1n) is 3.56. The van der Waals surface area contributed by atoms with Gasteiger partial charge in [-0.05, 0) is 24.1 Å². The Labute approximate surface area is 85.1 Å². The fraction of sp³-hybridized carbons (Fsp3) is 0.250. The fourth-order valence-corrected chi connectivity index (χ4v) is 2.40. The smallest absolute Gasteiger partial charge is 0.194 e. The SMILES string of the molecule is Cc1ccc(CS(=O)(=O)F)c(Br)c1. The van der Waals surface area contributed by atoms with Gasteiger partial charge in [-0.15, -0.1) is 3.89 Å². The predicted molar refractivity (Wildman–Crippen MR) is 52.6 cm³/mol. The van der Waals surface area contributed by atoms with Crippen molar-refractivity contribution in [2.45, 2.75) is 12.7 Å². The molecule has 72 valence electrons. The molecule has 0 fully saturated rings. The highest BCUT2D eigenvalue weighted by Gasteiger charge is 2.11. The average molecular weight is 267 g/mol. The Morgan fingerprint density at radius 2 is 2.08 bits per heavy atom. The second-order valence-corrected chi connectivity index (χ2v) is 5.00. The lowest BCUT2D eigenvalue weighted by atomic mass is 10.2. The summed E-state index contributed by atoms with van der Waals surface area (Å²) >= 11 is 3.17. The molecule has 0 aliphatic heterocycles. The molecule has 0 atom stereocenters. The molecule has 0 radical (unpaired) electrons. The maximum Gasteiger partial charge on any atom is 0.306 e. The molecule has 0 N–H and O–H groups in total. The van der Waals surface area contributed by atoms with Crippen LogP contribution in [0, 0.1) is 6.92 Å². The van der Waals surface area contributed by atoms with Crippen molar-refractivity contribution in [2.75, 3.05) is 0 Å². The minimum Gasteiger partial charge on any atom is -0.194 e. The highest BCUT2D eigenvalue weighted by molar-refractivity contribution is 9.10. The van der Waals surface area contributed by atoms with Crippen LogP contribution in [-0.2, 0) is 16.0 Å². The molecule has 0 spiro atoms. The van der Waals surface area contributed by atoms with Crippen LogP contribution in [0.2, 0.25) is 0 Å². The maximum atomic E-state index is 12.3. The molecular formula is C8H8BrFO2S. The van der Waals surface area contributed by atoms with E-state index in [1.165, 1.54) is 0 Å². The van der Waals surface area contributed by atoms with E-state index in [9.17, 15) is 12.3 Å². The van der Waals surface area contributed by atoms with Crippen molar-refractivity contribution in [1.29, 1.82) is 0 Å². The Kier molecular flexibility index (Phi) is 3.08. The molecule has 0 aliphatic carbocycles. The Morgan fingerprint density at radius 1 is 1.46 bits per heavy atom. The lowest BCUT2D eigenvalue weighted by Crippen LogP contribution is -1.97. The first kappa shape index (κ1) is 10.7. The van der Waals surface area contributed by atoms with E-state index in [1.807, 2.05) is 6.92 Å². The van der Waals surface area contributed by atoms with Gasteiger partial charge in [0.1, 0.15) is 5.75 Å². The molecule has 0 aromatic heterocycles. The summed E-state index contributed by atoms with van der Waals surface area (Å²) in [4.78, 5) is 0. The van der Waals surface area contributed by atoms with E-state index in [1.54, 1.807) is 18.2 Å². The van der Waals surface area contributed by atoms with E-state index in [0.29, 0.717) is 10.0 Å². The average Bonchev–Trinajstić information content (AvgIpc) is 1.93. The van der Waals surface area contributed by atoms with Gasteiger partial charge in [0.15, 0.2) is 0 Å². The number of rotatable bonds is 2. The molecule has 0 unspecified atom stereocenters. The molecule has 5 heteroatoms. The highest BCUT2D eigenvalue weighted by Crippen LogP contribution is 2.20. The van der Waals surface area contributed by atoms with Crippen LogP contribution in [0.5, 0.6) is 0 Å². The molecule has 0 heterocycles. The summed E-state index contributed by atoms with van der Waals surface area (Å²) in [5, 5.41) is 0. The highest BCUT2D eigenvalue weighted by atomic mass is 79.9. The predicted octanol–water partition coefficient (Wildman–Crippen LogP) is 2.56. The number of hydrogen-bond acceptors (Lipinski definition) is 2. The zero-order valence-electron chi connectivity index (χ0n) is 6.92. The van der Waals surface area contributed by atoms with Crippen molar-refractivity contribution < 1.29 is 12.3 Å². The Hall–Kier alpha value is -0.420. The van der Waals surface area contributed by atoms with Gasteiger partial charge in [-0.25, -0.2) is 0 Å². The van der Waals surface area contributed by atoms with Crippen LogP contribution in [0.1, 0.15) is 11.1 Å². The van der Waals surface area contributed by atoms with Gasteiger partial charge < -0.3 is 0 Å². The van der Waals surface area contributed by atoms with Gasteiger partial charge in [0.25, 0.3) is 0 Å². The fourth-order valence-electron chi connectivity index (χ4n) is 0.955. The molecule has 0 saturated carbocycles. The van der Waals surface area contributed by atoms with Crippen molar-refractivity contribution in [1.82, 2.24) is 0 Å². The lowest BCUT2D eigenvalue weighted by Gasteiger charge is -2.01. The molecular weight excluding hydrogens is 259 g/mol. The topological polar surface area (TPSA) is 34.1 Å². The third-order valence-corrected chi connectivity index (χ3v) is 2.93. The van der Waals surface area contributed by atoms with Gasteiger partial charge in [0, 0.05) is 4.47 Å². The number of halogens is 2. The quantitative estimate of drug-likeness (QED) is 0.772. The molecule has 1 aromatic rings. The van der Waals surface area contributed by atoms with Crippen LogP contribution >= 0.6 is 15.9 Å². The summed E-state index contributed by atoms with van der Waals surface area (Å²) in [6.45, 7) is 1.87. The minimum absolute atomic E-state index is 0.438. The largest absolute Gasteiger partial charge is 0.306 e. The van der Waals surface area contributed by atoms with Gasteiger partial charge in [0.2, 0.25) is 0 Å². The molecule has 0 amide bonds. The van der Waals surface area contributed by atoms with Crippen molar-refractivity contribution in [3.63, 3.8) is 0 Å². The summed E-state index contributed by atoms with van der Waals surface area (Å²) < 4.78 is 33.6. The molecule has 0 bridgehead atoms. The lowest BCUT2D eigenvalue weighted by molar-refractivity contribution is 0.551. The summed E-state index contributed by atoms with van der Waals surface area (Å²) in [6, 6.07) is 5.09. The van der Waals surface area contributed by atoms with Crippen molar-refractivity contribution in [2.24, 2.45) is 0 Å². The summed E-state index contributed by atoms with van der Waals surface area (Å²) in [5.41, 5.74) is 1.43. The van der Waals surface area contributed by atoms with Crippen LogP contribution < -0.4 is 0 Å². The zero-order valence-corrected chi connectivity index (χ0v) is 9.32. The number of hydrogen-bond donors (Lipinski definition) is 0. The Bertz CT molecular complexity index is 414. The van der Waals surface area contributed by atoms with Gasteiger partial charge in [-0.1, -0.05) is 28.1 Å². The van der Waals surface area contributed by atoms with Crippen molar-refractivity contribution in [3.05, 3.63) is 33.8 Å². The monoisotopic (exact) mass is 266 g/mol.